The van der Waals surface area contributed by atoms with Crippen molar-refractivity contribution >= 4 is 11.8 Å². The first-order chi connectivity index (χ1) is 11.8. The Labute approximate surface area is 144 Å². The van der Waals surface area contributed by atoms with Gasteiger partial charge in [-0.2, -0.15) is 13.2 Å². The summed E-state index contributed by atoms with van der Waals surface area (Å²) >= 11 is 0. The van der Waals surface area contributed by atoms with Gasteiger partial charge in [-0.15, -0.1) is 0 Å². The maximum absolute atomic E-state index is 12.9. The van der Waals surface area contributed by atoms with Crippen molar-refractivity contribution in [1.82, 2.24) is 15.0 Å². The molecule has 2 aromatic heterocycles. The van der Waals surface area contributed by atoms with Gasteiger partial charge in [-0.25, -0.2) is 15.0 Å². The van der Waals surface area contributed by atoms with Gasteiger partial charge in [-0.1, -0.05) is 6.07 Å². The van der Waals surface area contributed by atoms with E-state index in [1.165, 1.54) is 6.92 Å². The first kappa shape index (κ1) is 17.4. The van der Waals surface area contributed by atoms with Crippen LogP contribution in [0, 0.1) is 13.8 Å². The molecular weight excluding hydrogens is 331 g/mol. The standard InChI is InChI=1S/C17H20F3N5/c1-11-5-6-13(15(22-11)25-7-3-4-8-25)10-21-16-23-12(2)9-14(24-16)17(18,19)20/h5-6,9H,3-4,7-8,10H2,1-2H3,(H,21,23,24). The van der Waals surface area contributed by atoms with Crippen LogP contribution in [0.1, 0.15) is 35.5 Å². The number of nitrogens with zero attached hydrogens (tertiary/aromatic N) is 4. The average Bonchev–Trinajstić information content (AvgIpc) is 3.06. The van der Waals surface area contributed by atoms with E-state index in [0.29, 0.717) is 6.54 Å². The highest BCUT2D eigenvalue weighted by molar-refractivity contribution is 5.50. The molecule has 0 aliphatic carbocycles. The van der Waals surface area contributed by atoms with Gasteiger partial charge in [0.2, 0.25) is 5.95 Å². The number of hydrogen-bond acceptors (Lipinski definition) is 5. The summed E-state index contributed by atoms with van der Waals surface area (Å²) in [6.07, 6.45) is -2.24. The molecule has 0 unspecified atom stereocenters. The molecule has 0 radical (unpaired) electrons. The van der Waals surface area contributed by atoms with Gasteiger partial charge in [0.25, 0.3) is 0 Å². The zero-order chi connectivity index (χ0) is 18.0. The van der Waals surface area contributed by atoms with Gasteiger partial charge < -0.3 is 10.2 Å². The third kappa shape index (κ3) is 4.18. The van der Waals surface area contributed by atoms with Crippen LogP contribution < -0.4 is 10.2 Å². The van der Waals surface area contributed by atoms with E-state index in [1.807, 2.05) is 19.1 Å². The molecule has 8 heteroatoms. The number of nitrogens with one attached hydrogen (secondary N) is 1. The van der Waals surface area contributed by atoms with Crippen LogP contribution in [0.4, 0.5) is 24.9 Å². The fourth-order valence-corrected chi connectivity index (χ4v) is 2.88. The number of alkyl halides is 3. The van der Waals surface area contributed by atoms with Crippen LogP contribution in [0.5, 0.6) is 0 Å². The van der Waals surface area contributed by atoms with E-state index < -0.39 is 11.9 Å². The van der Waals surface area contributed by atoms with Crippen molar-refractivity contribution in [2.45, 2.75) is 39.4 Å². The molecule has 3 heterocycles. The summed E-state index contributed by atoms with van der Waals surface area (Å²) in [6, 6.07) is 4.78. The predicted octanol–water partition coefficient (Wildman–Crippen LogP) is 3.72. The maximum atomic E-state index is 12.9. The number of anilines is 2. The van der Waals surface area contributed by atoms with Gasteiger partial charge in [0, 0.05) is 36.6 Å². The lowest BCUT2D eigenvalue weighted by molar-refractivity contribution is -0.141. The van der Waals surface area contributed by atoms with Crippen molar-refractivity contribution in [3.05, 3.63) is 40.8 Å². The minimum Gasteiger partial charge on any atom is -0.356 e. The van der Waals surface area contributed by atoms with Gasteiger partial charge >= 0.3 is 6.18 Å². The van der Waals surface area contributed by atoms with E-state index >= 15 is 0 Å². The van der Waals surface area contributed by atoms with Gasteiger partial charge in [0.1, 0.15) is 11.5 Å². The molecule has 0 amide bonds. The fourth-order valence-electron chi connectivity index (χ4n) is 2.88. The second-order valence-electron chi connectivity index (χ2n) is 6.20. The van der Waals surface area contributed by atoms with Crippen LogP contribution in [-0.4, -0.2) is 28.0 Å². The Morgan fingerprint density at radius 3 is 2.44 bits per heavy atom. The first-order valence-corrected chi connectivity index (χ1v) is 8.21. The molecule has 3 rings (SSSR count). The van der Waals surface area contributed by atoms with E-state index in [9.17, 15) is 13.2 Å². The molecule has 0 aromatic carbocycles. The molecule has 0 spiro atoms. The van der Waals surface area contributed by atoms with Crippen molar-refractivity contribution in [1.29, 1.82) is 0 Å². The Kier molecular flexibility index (Phi) is 4.78. The highest BCUT2D eigenvalue weighted by Gasteiger charge is 2.33. The summed E-state index contributed by atoms with van der Waals surface area (Å²) < 4.78 is 38.7. The minimum absolute atomic E-state index is 0.0275. The SMILES string of the molecule is Cc1cc(C(F)(F)F)nc(NCc2ccc(C)nc2N2CCCC2)n1. The fraction of sp³-hybridized carbons (Fsp3) is 0.471. The number of halogens is 3. The summed E-state index contributed by atoms with van der Waals surface area (Å²) in [4.78, 5) is 14.5. The normalized spacial score (nSPS) is 14.8. The van der Waals surface area contributed by atoms with Gasteiger partial charge in [-0.3, -0.25) is 0 Å². The van der Waals surface area contributed by atoms with Crippen LogP contribution >= 0.6 is 0 Å². The highest BCUT2D eigenvalue weighted by Crippen LogP contribution is 2.29. The Morgan fingerprint density at radius 2 is 1.76 bits per heavy atom. The second kappa shape index (κ2) is 6.85. The highest BCUT2D eigenvalue weighted by atomic mass is 19.4. The zero-order valence-corrected chi connectivity index (χ0v) is 14.2. The summed E-state index contributed by atoms with van der Waals surface area (Å²) in [5.74, 6) is 0.856. The molecular formula is C17H20F3N5. The molecule has 1 N–H and O–H groups in total. The summed E-state index contributed by atoms with van der Waals surface area (Å²) in [5.41, 5.74) is 1.17. The van der Waals surface area contributed by atoms with Crippen molar-refractivity contribution in [2.75, 3.05) is 23.3 Å². The lowest BCUT2D eigenvalue weighted by Crippen LogP contribution is -2.22. The summed E-state index contributed by atoms with van der Waals surface area (Å²) in [7, 11) is 0. The third-order valence-electron chi connectivity index (χ3n) is 4.08. The predicted molar refractivity (Wildman–Crippen MR) is 89.5 cm³/mol. The number of pyridine rings is 1. The third-order valence-corrected chi connectivity index (χ3v) is 4.08. The Balaban J connectivity index is 1.81. The molecule has 0 atom stereocenters. The van der Waals surface area contributed by atoms with E-state index in [1.54, 1.807) is 0 Å². The van der Waals surface area contributed by atoms with Crippen LogP contribution in [0.3, 0.4) is 0 Å². The van der Waals surface area contributed by atoms with Gasteiger partial charge in [0.15, 0.2) is 0 Å². The van der Waals surface area contributed by atoms with Crippen molar-refractivity contribution in [3.63, 3.8) is 0 Å². The van der Waals surface area contributed by atoms with E-state index in [2.05, 4.69) is 25.2 Å². The van der Waals surface area contributed by atoms with Crippen molar-refractivity contribution < 1.29 is 13.2 Å². The van der Waals surface area contributed by atoms with E-state index in [0.717, 1.165) is 49.1 Å². The molecule has 0 saturated carbocycles. The summed E-state index contributed by atoms with van der Waals surface area (Å²) in [6.45, 7) is 5.66. The number of aromatic nitrogens is 3. The Morgan fingerprint density at radius 1 is 1.04 bits per heavy atom. The average molecular weight is 351 g/mol. The molecule has 0 bridgehead atoms. The van der Waals surface area contributed by atoms with Crippen LogP contribution in [0.2, 0.25) is 0 Å². The second-order valence-corrected chi connectivity index (χ2v) is 6.20. The molecule has 1 aliphatic rings. The molecule has 25 heavy (non-hydrogen) atoms. The molecule has 1 aliphatic heterocycles. The number of aryl methyl sites for hydroxylation is 2. The molecule has 1 fully saturated rings. The summed E-state index contributed by atoms with van der Waals surface area (Å²) in [5, 5.41) is 2.91. The van der Waals surface area contributed by atoms with Crippen LogP contribution in [0.15, 0.2) is 18.2 Å². The Hall–Kier alpha value is -2.38. The minimum atomic E-state index is -4.49. The lowest BCUT2D eigenvalue weighted by Gasteiger charge is -2.21. The molecule has 1 saturated heterocycles. The van der Waals surface area contributed by atoms with Crippen molar-refractivity contribution in [3.8, 4) is 0 Å². The number of hydrogen-bond donors (Lipinski definition) is 1. The van der Waals surface area contributed by atoms with E-state index in [4.69, 9.17) is 0 Å². The smallest absolute Gasteiger partial charge is 0.356 e. The quantitative estimate of drug-likeness (QED) is 0.910. The van der Waals surface area contributed by atoms with E-state index in [-0.39, 0.29) is 11.6 Å². The van der Waals surface area contributed by atoms with Gasteiger partial charge in [-0.05, 0) is 38.8 Å². The lowest BCUT2D eigenvalue weighted by atomic mass is 10.2. The zero-order valence-electron chi connectivity index (χ0n) is 14.2. The monoisotopic (exact) mass is 351 g/mol. The van der Waals surface area contributed by atoms with Gasteiger partial charge in [0.05, 0.1) is 0 Å². The molecule has 2 aromatic rings. The molecule has 134 valence electrons. The first-order valence-electron chi connectivity index (χ1n) is 8.21. The van der Waals surface area contributed by atoms with Crippen molar-refractivity contribution in [2.24, 2.45) is 0 Å². The topological polar surface area (TPSA) is 53.9 Å². The largest absolute Gasteiger partial charge is 0.433 e. The number of rotatable bonds is 4. The maximum Gasteiger partial charge on any atom is 0.433 e. The molecule has 5 nitrogen and oxygen atoms in total. The Bertz CT molecular complexity index is 754. The van der Waals surface area contributed by atoms with Crippen LogP contribution in [-0.2, 0) is 12.7 Å². The van der Waals surface area contributed by atoms with Crippen LogP contribution in [0.25, 0.3) is 0 Å².